The third-order valence-corrected chi connectivity index (χ3v) is 3.31. The Morgan fingerprint density at radius 2 is 2.38 bits per heavy atom. The molecule has 2 atom stereocenters. The van der Waals surface area contributed by atoms with E-state index in [4.69, 9.17) is 9.47 Å². The Morgan fingerprint density at radius 3 is 2.81 bits per heavy atom. The van der Waals surface area contributed by atoms with Crippen LogP contribution in [-0.4, -0.2) is 28.2 Å². The fraction of sp³-hybridized carbons (Fsp3) is 0.636. The van der Waals surface area contributed by atoms with Gasteiger partial charge in [-0.2, -0.15) is 0 Å². The van der Waals surface area contributed by atoms with Crippen molar-refractivity contribution in [2.24, 2.45) is 7.05 Å². The van der Waals surface area contributed by atoms with E-state index in [0.717, 1.165) is 5.69 Å². The van der Waals surface area contributed by atoms with Crippen molar-refractivity contribution < 1.29 is 14.3 Å². The number of methoxy groups -OCH3 is 1. The molecule has 0 aromatic carbocycles. The molecule has 0 saturated carbocycles. The van der Waals surface area contributed by atoms with Gasteiger partial charge in [-0.1, -0.05) is 6.92 Å². The lowest BCUT2D eigenvalue weighted by atomic mass is 9.89. The zero-order valence-corrected chi connectivity index (χ0v) is 9.98. The standard InChI is InChI=1S/C11H16N2O3/c1-5-11(9(14)15-4)10(2,16-11)8-6-13(3)7-12-8/h6-7H,5H2,1-4H3. The number of carbonyl (C=O) groups is 1. The number of epoxide rings is 1. The molecule has 0 radical (unpaired) electrons. The van der Waals surface area contributed by atoms with E-state index in [1.165, 1.54) is 7.11 Å². The second kappa shape index (κ2) is 3.31. The van der Waals surface area contributed by atoms with E-state index in [-0.39, 0.29) is 5.97 Å². The fourth-order valence-corrected chi connectivity index (χ4v) is 2.20. The zero-order valence-electron chi connectivity index (χ0n) is 9.98. The number of carbonyl (C=O) groups excluding carboxylic acids is 1. The summed E-state index contributed by atoms with van der Waals surface area (Å²) in [4.78, 5) is 16.0. The van der Waals surface area contributed by atoms with Gasteiger partial charge < -0.3 is 14.0 Å². The number of hydrogen-bond acceptors (Lipinski definition) is 4. The summed E-state index contributed by atoms with van der Waals surface area (Å²) in [6.07, 6.45) is 4.13. The van der Waals surface area contributed by atoms with E-state index in [0.29, 0.717) is 6.42 Å². The van der Waals surface area contributed by atoms with E-state index in [1.54, 1.807) is 6.33 Å². The maximum absolute atomic E-state index is 11.7. The largest absolute Gasteiger partial charge is 0.467 e. The van der Waals surface area contributed by atoms with Gasteiger partial charge in [0.15, 0.2) is 0 Å². The van der Waals surface area contributed by atoms with Crippen molar-refractivity contribution in [3.8, 4) is 0 Å². The number of hydrogen-bond donors (Lipinski definition) is 0. The van der Waals surface area contributed by atoms with Crippen LogP contribution < -0.4 is 0 Å². The van der Waals surface area contributed by atoms with Crippen molar-refractivity contribution in [1.29, 1.82) is 0 Å². The molecule has 0 spiro atoms. The van der Waals surface area contributed by atoms with Gasteiger partial charge in [0.05, 0.1) is 19.1 Å². The third-order valence-electron chi connectivity index (χ3n) is 3.31. The number of nitrogens with zero attached hydrogens (tertiary/aromatic N) is 2. The molecule has 2 heterocycles. The van der Waals surface area contributed by atoms with Crippen LogP contribution in [0.3, 0.4) is 0 Å². The van der Waals surface area contributed by atoms with Crippen molar-refractivity contribution >= 4 is 5.97 Å². The van der Waals surface area contributed by atoms with Gasteiger partial charge in [0.25, 0.3) is 0 Å². The first kappa shape index (κ1) is 11.1. The first-order valence-electron chi connectivity index (χ1n) is 5.27. The van der Waals surface area contributed by atoms with Gasteiger partial charge in [-0.05, 0) is 13.3 Å². The molecule has 1 aromatic heterocycles. The lowest BCUT2D eigenvalue weighted by Crippen LogP contribution is -2.32. The summed E-state index contributed by atoms with van der Waals surface area (Å²) >= 11 is 0. The van der Waals surface area contributed by atoms with Gasteiger partial charge >= 0.3 is 5.97 Å². The van der Waals surface area contributed by atoms with E-state index in [9.17, 15) is 4.79 Å². The predicted molar refractivity (Wildman–Crippen MR) is 56.7 cm³/mol. The zero-order chi connectivity index (χ0) is 12.0. The van der Waals surface area contributed by atoms with E-state index >= 15 is 0 Å². The number of aromatic nitrogens is 2. The molecule has 1 saturated heterocycles. The van der Waals surface area contributed by atoms with Crippen LogP contribution in [0, 0.1) is 0 Å². The molecule has 88 valence electrons. The summed E-state index contributed by atoms with van der Waals surface area (Å²) in [5, 5.41) is 0. The Balaban J connectivity index is 2.33. The minimum Gasteiger partial charge on any atom is -0.467 e. The molecular weight excluding hydrogens is 208 g/mol. The molecule has 2 rings (SSSR count). The molecule has 2 unspecified atom stereocenters. The van der Waals surface area contributed by atoms with Gasteiger partial charge in [0.1, 0.15) is 5.60 Å². The number of rotatable bonds is 3. The van der Waals surface area contributed by atoms with Crippen molar-refractivity contribution in [2.75, 3.05) is 7.11 Å². The van der Waals surface area contributed by atoms with Gasteiger partial charge in [0, 0.05) is 13.2 Å². The topological polar surface area (TPSA) is 56.6 Å². The summed E-state index contributed by atoms with van der Waals surface area (Å²) in [5.41, 5.74) is -0.756. The minimum absolute atomic E-state index is 0.330. The maximum atomic E-state index is 11.7. The monoisotopic (exact) mass is 224 g/mol. The van der Waals surface area contributed by atoms with Gasteiger partial charge in [0.2, 0.25) is 5.60 Å². The van der Waals surface area contributed by atoms with Gasteiger partial charge in [-0.15, -0.1) is 0 Å². The van der Waals surface area contributed by atoms with Crippen LogP contribution in [0.1, 0.15) is 26.0 Å². The van der Waals surface area contributed by atoms with Crippen LogP contribution in [-0.2, 0) is 26.9 Å². The molecule has 0 amide bonds. The molecule has 1 aromatic rings. The van der Waals surface area contributed by atoms with Crippen LogP contribution in [0.25, 0.3) is 0 Å². The van der Waals surface area contributed by atoms with Crippen LogP contribution in [0.15, 0.2) is 12.5 Å². The Morgan fingerprint density at radius 1 is 1.69 bits per heavy atom. The van der Waals surface area contributed by atoms with E-state index < -0.39 is 11.2 Å². The van der Waals surface area contributed by atoms with Gasteiger partial charge in [-0.3, -0.25) is 0 Å². The Kier molecular flexibility index (Phi) is 2.31. The average Bonchev–Trinajstić information content (AvgIpc) is 2.66. The number of ether oxygens (including phenoxy) is 2. The van der Waals surface area contributed by atoms with E-state index in [1.807, 2.05) is 31.7 Å². The molecule has 1 aliphatic heterocycles. The second-order valence-corrected chi connectivity index (χ2v) is 4.23. The maximum Gasteiger partial charge on any atom is 0.341 e. The molecule has 1 fully saturated rings. The summed E-state index contributed by atoms with van der Waals surface area (Å²) in [5.74, 6) is -0.330. The van der Waals surface area contributed by atoms with E-state index in [2.05, 4.69) is 4.98 Å². The molecule has 0 aliphatic carbocycles. The SMILES string of the molecule is CCC1(C(=O)OC)OC1(C)c1cn(C)cn1. The third kappa shape index (κ3) is 1.21. The molecule has 5 nitrogen and oxygen atoms in total. The smallest absolute Gasteiger partial charge is 0.341 e. The molecule has 0 bridgehead atoms. The van der Waals surface area contributed by atoms with Crippen molar-refractivity contribution in [3.63, 3.8) is 0 Å². The highest BCUT2D eigenvalue weighted by atomic mass is 16.7. The second-order valence-electron chi connectivity index (χ2n) is 4.23. The molecular formula is C11H16N2O3. The van der Waals surface area contributed by atoms with Crippen LogP contribution in [0.5, 0.6) is 0 Å². The number of aryl methyl sites for hydroxylation is 1. The predicted octanol–water partition coefficient (Wildman–Crippen LogP) is 0.987. The Hall–Kier alpha value is -1.36. The highest BCUT2D eigenvalue weighted by Crippen LogP contribution is 2.57. The molecule has 16 heavy (non-hydrogen) atoms. The quantitative estimate of drug-likeness (QED) is 0.567. The molecule has 1 aliphatic rings. The molecule has 0 N–H and O–H groups in total. The van der Waals surface area contributed by atoms with Gasteiger partial charge in [-0.25, -0.2) is 9.78 Å². The normalized spacial score (nSPS) is 32.5. The highest BCUT2D eigenvalue weighted by Gasteiger charge is 2.73. The lowest BCUT2D eigenvalue weighted by molar-refractivity contribution is -0.147. The van der Waals surface area contributed by atoms with Crippen LogP contribution in [0.2, 0.25) is 0 Å². The van der Waals surface area contributed by atoms with Crippen molar-refractivity contribution in [1.82, 2.24) is 9.55 Å². The first-order chi connectivity index (χ1) is 7.50. The number of imidazole rings is 1. The number of esters is 1. The minimum atomic E-state index is -0.865. The van der Waals surface area contributed by atoms with Crippen molar-refractivity contribution in [3.05, 3.63) is 18.2 Å². The lowest BCUT2D eigenvalue weighted by Gasteiger charge is -2.11. The van der Waals surface area contributed by atoms with Crippen LogP contribution in [0.4, 0.5) is 0 Å². The Bertz CT molecular complexity index is 429. The summed E-state index contributed by atoms with van der Waals surface area (Å²) in [6, 6.07) is 0. The highest BCUT2D eigenvalue weighted by molar-refractivity contribution is 5.85. The summed E-state index contributed by atoms with van der Waals surface area (Å²) in [7, 11) is 3.26. The van der Waals surface area contributed by atoms with Crippen molar-refractivity contribution in [2.45, 2.75) is 31.5 Å². The molecule has 5 heteroatoms. The van der Waals surface area contributed by atoms with Crippen LogP contribution >= 0.6 is 0 Å². The summed E-state index contributed by atoms with van der Waals surface area (Å²) in [6.45, 7) is 3.78. The first-order valence-corrected chi connectivity index (χ1v) is 5.27. The summed E-state index contributed by atoms with van der Waals surface area (Å²) < 4.78 is 12.3. The average molecular weight is 224 g/mol. The fourth-order valence-electron chi connectivity index (χ4n) is 2.20. The Labute approximate surface area is 94.4 Å².